The van der Waals surface area contributed by atoms with Gasteiger partial charge in [0, 0.05) is 13.5 Å². The predicted molar refractivity (Wildman–Crippen MR) is 66.4 cm³/mol. The van der Waals surface area contributed by atoms with Crippen LogP contribution in [0.15, 0.2) is 24.3 Å². The van der Waals surface area contributed by atoms with Crippen LogP contribution in [-0.2, 0) is 9.59 Å². The van der Waals surface area contributed by atoms with Gasteiger partial charge in [-0.1, -0.05) is 12.1 Å². The van der Waals surface area contributed by atoms with E-state index < -0.39 is 12.0 Å². The zero-order chi connectivity index (χ0) is 13.7. The third kappa shape index (κ3) is 3.00. The minimum atomic E-state index is -1.06. The molecule has 0 aliphatic carbocycles. The molecule has 0 saturated carbocycles. The van der Waals surface area contributed by atoms with E-state index in [1.807, 2.05) is 0 Å². The lowest BCUT2D eigenvalue weighted by atomic mass is 10.0. The molecule has 1 aromatic carbocycles. The second-order valence-corrected chi connectivity index (χ2v) is 3.82. The lowest BCUT2D eigenvalue weighted by Gasteiger charge is -2.27. The first-order valence-electron chi connectivity index (χ1n) is 5.65. The Morgan fingerprint density at radius 3 is 2.56 bits per heavy atom. The highest BCUT2D eigenvalue weighted by Gasteiger charge is 2.28. The first-order valence-corrected chi connectivity index (χ1v) is 5.65. The Labute approximate surface area is 106 Å². The summed E-state index contributed by atoms with van der Waals surface area (Å²) in [4.78, 5) is 24.2. The van der Waals surface area contributed by atoms with E-state index in [-0.39, 0.29) is 5.91 Å². The standard InChI is InChI=1S/C13H17NO4/c1-4-14(9(2)15)12(13(16)17)10-6-5-7-11(8-10)18-3/h5-8,12H,4H2,1-3H3,(H,16,17). The van der Waals surface area contributed by atoms with E-state index in [1.165, 1.54) is 18.9 Å². The molecule has 0 bridgehead atoms. The number of aliphatic carboxylic acids is 1. The lowest BCUT2D eigenvalue weighted by molar-refractivity contribution is -0.149. The number of carboxylic acid groups (broad SMARTS) is 1. The second-order valence-electron chi connectivity index (χ2n) is 3.82. The number of methoxy groups -OCH3 is 1. The molecule has 1 N–H and O–H groups in total. The largest absolute Gasteiger partial charge is 0.497 e. The highest BCUT2D eigenvalue weighted by atomic mass is 16.5. The smallest absolute Gasteiger partial charge is 0.331 e. The molecule has 18 heavy (non-hydrogen) atoms. The number of carboxylic acids is 1. The van der Waals surface area contributed by atoms with E-state index in [1.54, 1.807) is 31.2 Å². The van der Waals surface area contributed by atoms with Gasteiger partial charge in [-0.3, -0.25) is 4.79 Å². The van der Waals surface area contributed by atoms with Crippen LogP contribution in [0, 0.1) is 0 Å². The lowest BCUT2D eigenvalue weighted by Crippen LogP contribution is -2.37. The number of carbonyl (C=O) groups excluding carboxylic acids is 1. The van der Waals surface area contributed by atoms with Crippen molar-refractivity contribution in [1.82, 2.24) is 4.90 Å². The van der Waals surface area contributed by atoms with Crippen molar-refractivity contribution in [3.05, 3.63) is 29.8 Å². The molecule has 0 radical (unpaired) electrons. The SMILES string of the molecule is CCN(C(C)=O)C(C(=O)O)c1cccc(OC)c1. The van der Waals surface area contributed by atoms with Gasteiger partial charge in [0.25, 0.3) is 0 Å². The molecule has 1 rings (SSSR count). The Hall–Kier alpha value is -2.04. The Bertz CT molecular complexity index is 444. The Balaban J connectivity index is 3.18. The molecular formula is C13H17NO4. The zero-order valence-corrected chi connectivity index (χ0v) is 10.7. The molecule has 98 valence electrons. The molecule has 0 aromatic heterocycles. The van der Waals surface area contributed by atoms with Crippen LogP contribution in [0.4, 0.5) is 0 Å². The Morgan fingerprint density at radius 1 is 1.44 bits per heavy atom. The molecule has 1 aromatic rings. The van der Waals surface area contributed by atoms with Gasteiger partial charge in [0.1, 0.15) is 5.75 Å². The Morgan fingerprint density at radius 2 is 2.11 bits per heavy atom. The van der Waals surface area contributed by atoms with Crippen LogP contribution in [0.5, 0.6) is 5.75 Å². The summed E-state index contributed by atoms with van der Waals surface area (Å²) in [5, 5.41) is 9.31. The number of amides is 1. The van der Waals surface area contributed by atoms with E-state index in [0.717, 1.165) is 0 Å². The van der Waals surface area contributed by atoms with Gasteiger partial charge in [-0.25, -0.2) is 4.79 Å². The van der Waals surface area contributed by atoms with Crippen molar-refractivity contribution in [2.24, 2.45) is 0 Å². The molecule has 1 unspecified atom stereocenters. The van der Waals surface area contributed by atoms with Crippen molar-refractivity contribution in [3.63, 3.8) is 0 Å². The number of hydrogen-bond donors (Lipinski definition) is 1. The minimum absolute atomic E-state index is 0.271. The van der Waals surface area contributed by atoms with Crippen molar-refractivity contribution in [2.45, 2.75) is 19.9 Å². The summed E-state index contributed by atoms with van der Waals surface area (Å²) in [7, 11) is 1.51. The maximum absolute atomic E-state index is 11.5. The summed E-state index contributed by atoms with van der Waals surface area (Å²) in [6.45, 7) is 3.45. The summed E-state index contributed by atoms with van der Waals surface area (Å²) >= 11 is 0. The molecule has 0 spiro atoms. The normalized spacial score (nSPS) is 11.7. The number of benzene rings is 1. The van der Waals surface area contributed by atoms with E-state index in [2.05, 4.69) is 0 Å². The van der Waals surface area contributed by atoms with Gasteiger partial charge in [0.05, 0.1) is 7.11 Å². The average molecular weight is 251 g/mol. The van der Waals surface area contributed by atoms with Crippen LogP contribution in [0.25, 0.3) is 0 Å². The first kappa shape index (κ1) is 14.0. The number of ether oxygens (including phenoxy) is 1. The monoisotopic (exact) mass is 251 g/mol. The summed E-state index contributed by atoms with van der Waals surface area (Å²) in [6, 6.07) is 5.75. The van der Waals surface area contributed by atoms with Crippen LogP contribution in [0.1, 0.15) is 25.5 Å². The van der Waals surface area contributed by atoms with Gasteiger partial charge in [0.2, 0.25) is 5.91 Å². The predicted octanol–water partition coefficient (Wildman–Crippen LogP) is 1.69. The quantitative estimate of drug-likeness (QED) is 0.864. The number of hydrogen-bond acceptors (Lipinski definition) is 3. The highest BCUT2D eigenvalue weighted by molar-refractivity contribution is 5.83. The van der Waals surface area contributed by atoms with Gasteiger partial charge in [-0.15, -0.1) is 0 Å². The molecule has 1 amide bonds. The Kier molecular flexibility index (Phi) is 4.71. The highest BCUT2D eigenvalue weighted by Crippen LogP contribution is 2.24. The summed E-state index contributed by atoms with van der Waals surface area (Å²) in [5.41, 5.74) is 0.527. The molecule has 0 aliphatic heterocycles. The molecule has 0 aliphatic rings. The van der Waals surface area contributed by atoms with Crippen LogP contribution in [-0.4, -0.2) is 35.5 Å². The third-order valence-electron chi connectivity index (χ3n) is 2.70. The minimum Gasteiger partial charge on any atom is -0.497 e. The van der Waals surface area contributed by atoms with Gasteiger partial charge >= 0.3 is 5.97 Å². The number of nitrogens with zero attached hydrogens (tertiary/aromatic N) is 1. The van der Waals surface area contributed by atoms with E-state index in [4.69, 9.17) is 4.74 Å². The fraction of sp³-hybridized carbons (Fsp3) is 0.385. The summed E-state index contributed by atoms with van der Waals surface area (Å²) in [5.74, 6) is -0.758. The second kappa shape index (κ2) is 6.05. The average Bonchev–Trinajstić information content (AvgIpc) is 2.34. The van der Waals surface area contributed by atoms with Crippen LogP contribution >= 0.6 is 0 Å². The molecule has 5 nitrogen and oxygen atoms in total. The summed E-state index contributed by atoms with van der Waals surface area (Å²) < 4.78 is 5.06. The molecule has 0 saturated heterocycles. The van der Waals surface area contributed by atoms with Gasteiger partial charge < -0.3 is 14.7 Å². The van der Waals surface area contributed by atoms with Crippen LogP contribution in [0.2, 0.25) is 0 Å². The fourth-order valence-electron chi connectivity index (χ4n) is 1.85. The zero-order valence-electron chi connectivity index (χ0n) is 10.7. The molecular weight excluding hydrogens is 234 g/mol. The molecule has 1 atom stereocenters. The van der Waals surface area contributed by atoms with Crippen molar-refractivity contribution in [2.75, 3.05) is 13.7 Å². The molecule has 5 heteroatoms. The van der Waals surface area contributed by atoms with Gasteiger partial charge in [-0.05, 0) is 24.6 Å². The topological polar surface area (TPSA) is 66.8 Å². The molecule has 0 heterocycles. The molecule has 0 fully saturated rings. The van der Waals surface area contributed by atoms with Crippen LogP contribution in [0.3, 0.4) is 0 Å². The maximum atomic E-state index is 11.5. The number of carbonyl (C=O) groups is 2. The van der Waals surface area contributed by atoms with Gasteiger partial charge in [0.15, 0.2) is 6.04 Å². The van der Waals surface area contributed by atoms with Crippen molar-refractivity contribution in [1.29, 1.82) is 0 Å². The first-order chi connectivity index (χ1) is 8.51. The number of rotatable bonds is 5. The van der Waals surface area contributed by atoms with Crippen molar-refractivity contribution < 1.29 is 19.4 Å². The fourth-order valence-corrected chi connectivity index (χ4v) is 1.85. The summed E-state index contributed by atoms with van der Waals surface area (Å²) in [6.07, 6.45) is 0. The van der Waals surface area contributed by atoms with Gasteiger partial charge in [-0.2, -0.15) is 0 Å². The number of likely N-dealkylation sites (N-methyl/N-ethyl adjacent to an activating group) is 1. The van der Waals surface area contributed by atoms with Crippen molar-refractivity contribution >= 4 is 11.9 Å². The van der Waals surface area contributed by atoms with E-state index in [0.29, 0.717) is 17.9 Å². The van der Waals surface area contributed by atoms with Crippen LogP contribution < -0.4 is 4.74 Å². The van der Waals surface area contributed by atoms with E-state index in [9.17, 15) is 14.7 Å². The maximum Gasteiger partial charge on any atom is 0.331 e. The van der Waals surface area contributed by atoms with Crippen molar-refractivity contribution in [3.8, 4) is 5.75 Å². The third-order valence-corrected chi connectivity index (χ3v) is 2.70. The van der Waals surface area contributed by atoms with E-state index >= 15 is 0 Å².